The summed E-state index contributed by atoms with van der Waals surface area (Å²) in [5, 5.41) is 5.07. The predicted molar refractivity (Wildman–Crippen MR) is 214 cm³/mol. The number of rotatable bonds is 4. The lowest BCUT2D eigenvalue weighted by atomic mass is 9.60. The SMILES string of the molecule is C=Cc1c(/C=C\c2ccc3c(c2)C2(C4=C3CCCC4)C3=C(C=CCC3)N(c3ccccc3)c3ccccc32)c2ccccc2c2ccccc12. The maximum absolute atomic E-state index is 4.28. The number of para-hydroxylation sites is 2. The van der Waals surface area contributed by atoms with Gasteiger partial charge < -0.3 is 4.90 Å². The Morgan fingerprint density at radius 3 is 2.10 bits per heavy atom. The maximum Gasteiger partial charge on any atom is 0.0677 e. The van der Waals surface area contributed by atoms with Crippen LogP contribution in [0.4, 0.5) is 11.4 Å². The molecular weight excluding hydrogens is 603 g/mol. The van der Waals surface area contributed by atoms with E-state index in [-0.39, 0.29) is 5.41 Å². The number of anilines is 2. The Bertz CT molecular complexity index is 2500. The number of hydrogen-bond donors (Lipinski definition) is 0. The summed E-state index contributed by atoms with van der Waals surface area (Å²) in [5.41, 5.74) is 16.5. The molecule has 1 unspecified atom stereocenters. The van der Waals surface area contributed by atoms with Gasteiger partial charge in [-0.1, -0.05) is 128 Å². The summed E-state index contributed by atoms with van der Waals surface area (Å²) in [6.45, 7) is 4.28. The zero-order valence-electron chi connectivity index (χ0n) is 28.3. The molecule has 0 fully saturated rings. The molecule has 0 radical (unpaired) electrons. The van der Waals surface area contributed by atoms with Gasteiger partial charge in [-0.05, 0) is 141 Å². The normalized spacial score (nSPS) is 19.3. The van der Waals surface area contributed by atoms with Crippen molar-refractivity contribution in [2.24, 2.45) is 0 Å². The fourth-order valence-electron chi connectivity index (χ4n) is 9.82. The average molecular weight is 642 g/mol. The van der Waals surface area contributed by atoms with Gasteiger partial charge in [-0.25, -0.2) is 0 Å². The lowest BCUT2D eigenvalue weighted by molar-refractivity contribution is 0.591. The molecule has 0 N–H and O–H groups in total. The van der Waals surface area contributed by atoms with Gasteiger partial charge in [0, 0.05) is 11.4 Å². The molecule has 4 aliphatic rings. The second-order valence-electron chi connectivity index (χ2n) is 14.2. The van der Waals surface area contributed by atoms with Crippen LogP contribution in [0.3, 0.4) is 0 Å². The van der Waals surface area contributed by atoms with Crippen LogP contribution in [0.5, 0.6) is 0 Å². The van der Waals surface area contributed by atoms with E-state index in [0.717, 1.165) is 25.7 Å². The van der Waals surface area contributed by atoms with Crippen LogP contribution in [0.1, 0.15) is 71.9 Å². The number of allylic oxidation sites excluding steroid dienone is 5. The predicted octanol–water partition coefficient (Wildman–Crippen LogP) is 13.2. The summed E-state index contributed by atoms with van der Waals surface area (Å²) in [6.07, 6.45) is 18.5. The van der Waals surface area contributed by atoms with Gasteiger partial charge in [-0.3, -0.25) is 0 Å². The minimum Gasteiger partial charge on any atom is -0.310 e. The van der Waals surface area contributed by atoms with E-state index < -0.39 is 0 Å². The first-order valence-corrected chi connectivity index (χ1v) is 18.3. The lowest BCUT2D eigenvalue weighted by Gasteiger charge is -2.48. The van der Waals surface area contributed by atoms with E-state index in [0.29, 0.717) is 0 Å². The van der Waals surface area contributed by atoms with Crippen LogP contribution in [-0.2, 0) is 5.41 Å². The zero-order valence-corrected chi connectivity index (χ0v) is 28.3. The highest BCUT2D eigenvalue weighted by molar-refractivity contribution is 6.15. The van der Waals surface area contributed by atoms with Crippen molar-refractivity contribution in [3.05, 3.63) is 190 Å². The second kappa shape index (κ2) is 11.5. The van der Waals surface area contributed by atoms with Crippen LogP contribution in [-0.4, -0.2) is 0 Å². The van der Waals surface area contributed by atoms with Crippen LogP contribution in [0.15, 0.2) is 157 Å². The molecule has 6 aromatic carbocycles. The van der Waals surface area contributed by atoms with E-state index in [9.17, 15) is 0 Å². The van der Waals surface area contributed by atoms with Gasteiger partial charge in [0.25, 0.3) is 0 Å². The monoisotopic (exact) mass is 641 g/mol. The number of nitrogens with zero attached hydrogens (tertiary/aromatic N) is 1. The highest BCUT2D eigenvalue weighted by Crippen LogP contribution is 2.64. The van der Waals surface area contributed by atoms with Crippen LogP contribution >= 0.6 is 0 Å². The van der Waals surface area contributed by atoms with Crippen LogP contribution in [0.2, 0.25) is 0 Å². The Kier molecular flexibility index (Phi) is 6.71. The van der Waals surface area contributed by atoms with Gasteiger partial charge in [0.2, 0.25) is 0 Å². The fraction of sp³-hybridized carbons (Fsp3) is 0.143. The molecule has 1 atom stereocenters. The molecule has 0 amide bonds. The number of hydrogen-bond acceptors (Lipinski definition) is 1. The van der Waals surface area contributed by atoms with Gasteiger partial charge in [0.05, 0.1) is 11.1 Å². The molecular formula is C49H39N. The smallest absolute Gasteiger partial charge is 0.0677 e. The van der Waals surface area contributed by atoms with Crippen molar-refractivity contribution in [3.63, 3.8) is 0 Å². The third kappa shape index (κ3) is 4.07. The first kappa shape index (κ1) is 29.3. The van der Waals surface area contributed by atoms with E-state index in [2.05, 4.69) is 157 Å². The van der Waals surface area contributed by atoms with E-state index in [1.165, 1.54) is 84.8 Å². The third-order valence-electron chi connectivity index (χ3n) is 11.8. The molecule has 1 aliphatic heterocycles. The topological polar surface area (TPSA) is 3.24 Å². The number of fused-ring (bicyclic) bond motifs is 10. The highest BCUT2D eigenvalue weighted by Gasteiger charge is 2.53. The molecule has 0 saturated heterocycles. The molecule has 1 nitrogen and oxygen atoms in total. The Balaban J connectivity index is 1.21. The molecule has 1 heterocycles. The van der Waals surface area contributed by atoms with Crippen molar-refractivity contribution in [2.45, 2.75) is 43.9 Å². The molecule has 0 aromatic heterocycles. The quantitative estimate of drug-likeness (QED) is 0.137. The average Bonchev–Trinajstić information content (AvgIpc) is 3.47. The Hall–Kier alpha value is -5.66. The molecule has 1 spiro atoms. The molecule has 6 aromatic rings. The van der Waals surface area contributed by atoms with Gasteiger partial charge in [-0.2, -0.15) is 0 Å². The van der Waals surface area contributed by atoms with Gasteiger partial charge in [0.1, 0.15) is 0 Å². The van der Waals surface area contributed by atoms with Crippen molar-refractivity contribution in [2.75, 3.05) is 4.90 Å². The van der Waals surface area contributed by atoms with E-state index >= 15 is 0 Å². The van der Waals surface area contributed by atoms with Crippen molar-refractivity contribution in [1.82, 2.24) is 0 Å². The van der Waals surface area contributed by atoms with Crippen molar-refractivity contribution < 1.29 is 0 Å². The highest BCUT2D eigenvalue weighted by atomic mass is 15.2. The number of benzene rings is 6. The summed E-state index contributed by atoms with van der Waals surface area (Å²) in [6, 6.07) is 45.1. The first-order chi connectivity index (χ1) is 24.8. The molecule has 240 valence electrons. The molecule has 50 heavy (non-hydrogen) atoms. The van der Waals surface area contributed by atoms with E-state index in [1.807, 2.05) is 6.08 Å². The fourth-order valence-corrected chi connectivity index (χ4v) is 9.82. The summed E-state index contributed by atoms with van der Waals surface area (Å²) in [7, 11) is 0. The van der Waals surface area contributed by atoms with Crippen molar-refractivity contribution in [3.8, 4) is 0 Å². The van der Waals surface area contributed by atoms with Crippen LogP contribution in [0.25, 0.3) is 45.3 Å². The summed E-state index contributed by atoms with van der Waals surface area (Å²) < 4.78 is 0. The van der Waals surface area contributed by atoms with E-state index in [1.54, 1.807) is 16.7 Å². The third-order valence-corrected chi connectivity index (χ3v) is 11.8. The minimum atomic E-state index is -0.251. The van der Waals surface area contributed by atoms with Gasteiger partial charge in [0.15, 0.2) is 0 Å². The maximum atomic E-state index is 4.28. The molecule has 10 rings (SSSR count). The minimum absolute atomic E-state index is 0.251. The lowest BCUT2D eigenvalue weighted by Crippen LogP contribution is -2.40. The Morgan fingerprint density at radius 1 is 0.600 bits per heavy atom. The summed E-state index contributed by atoms with van der Waals surface area (Å²) in [4.78, 5) is 2.53. The molecule has 0 bridgehead atoms. The summed E-state index contributed by atoms with van der Waals surface area (Å²) in [5.74, 6) is 0. The molecule has 3 aliphatic carbocycles. The Morgan fingerprint density at radius 2 is 1.30 bits per heavy atom. The second-order valence-corrected chi connectivity index (χ2v) is 14.2. The van der Waals surface area contributed by atoms with Crippen molar-refractivity contribution in [1.29, 1.82) is 0 Å². The largest absolute Gasteiger partial charge is 0.310 e. The zero-order chi connectivity index (χ0) is 33.2. The molecule has 0 saturated carbocycles. The molecule has 1 heteroatoms. The Labute approximate surface area is 294 Å². The van der Waals surface area contributed by atoms with Gasteiger partial charge in [-0.15, -0.1) is 0 Å². The van der Waals surface area contributed by atoms with Gasteiger partial charge >= 0.3 is 0 Å². The summed E-state index contributed by atoms with van der Waals surface area (Å²) >= 11 is 0. The van der Waals surface area contributed by atoms with Crippen LogP contribution < -0.4 is 4.90 Å². The standard InChI is InChI=1S/C49H39N/c1-2-35-36-18-6-7-19-37(36)38-20-8-9-21-39(38)40(35)30-28-33-29-31-42-41-22-10-11-23-43(41)49(46(42)32-33)44-24-12-14-26-47(44)50(34-16-4-3-5-17-34)48-27-15-13-25-45(48)49/h2-9,12,14-21,24,26-32H,1,10-11,13,22-23,25H2/b30-28-. The van der Waals surface area contributed by atoms with E-state index in [4.69, 9.17) is 0 Å². The van der Waals surface area contributed by atoms with Crippen molar-refractivity contribution >= 4 is 56.7 Å². The first-order valence-electron chi connectivity index (χ1n) is 18.3. The van der Waals surface area contributed by atoms with Crippen LogP contribution in [0, 0.1) is 0 Å².